The number of Topliss-reactive ketones (excluding diaryl/α,β-unsaturated/α-hetero) is 1. The van der Waals surface area contributed by atoms with Crippen molar-refractivity contribution in [3.8, 4) is 0 Å². The Morgan fingerprint density at radius 1 is 1.05 bits per heavy atom. The predicted molar refractivity (Wildman–Crippen MR) is 146 cm³/mol. The van der Waals surface area contributed by atoms with Crippen molar-refractivity contribution in [2.45, 2.75) is 81.4 Å². The van der Waals surface area contributed by atoms with Crippen LogP contribution in [0, 0.1) is 6.92 Å². The van der Waals surface area contributed by atoms with Crippen LogP contribution >= 0.6 is 0 Å². The summed E-state index contributed by atoms with van der Waals surface area (Å²) in [7, 11) is -4.00. The van der Waals surface area contributed by atoms with E-state index in [0.29, 0.717) is 35.9 Å². The van der Waals surface area contributed by atoms with E-state index in [1.807, 2.05) is 0 Å². The number of fused-ring (bicyclic) bond motifs is 1. The number of aryl methyl sites for hydroxylation is 1. The molecule has 40 heavy (non-hydrogen) atoms. The number of nitrogens with zero attached hydrogens (tertiary/aromatic N) is 3. The van der Waals surface area contributed by atoms with Gasteiger partial charge in [0.25, 0.3) is 15.9 Å². The van der Waals surface area contributed by atoms with Crippen molar-refractivity contribution < 1.29 is 27.2 Å². The number of hydrogen-bond acceptors (Lipinski definition) is 8. The molecule has 2 fully saturated rings. The third kappa shape index (κ3) is 5.25. The maximum atomic E-state index is 13.8. The molecule has 11 nitrogen and oxygen atoms in total. The fraction of sp³-hybridized carbons (Fsp3) is 0.464. The first-order valence-corrected chi connectivity index (χ1v) is 15.0. The van der Waals surface area contributed by atoms with Crippen molar-refractivity contribution in [1.29, 1.82) is 0 Å². The number of carbonyl (C=O) groups is 3. The van der Waals surface area contributed by atoms with Gasteiger partial charge in [0.05, 0.1) is 12.6 Å². The highest BCUT2D eigenvalue weighted by atomic mass is 32.2. The largest absolute Gasteiger partial charge is 0.449 e. The molecular formula is C28H33N5O6S. The Labute approximate surface area is 232 Å². The molecule has 0 aromatic carbocycles. The van der Waals surface area contributed by atoms with Crippen molar-refractivity contribution in [2.24, 2.45) is 0 Å². The Morgan fingerprint density at radius 2 is 1.80 bits per heavy atom. The number of furan rings is 1. The Hall–Kier alpha value is -3.64. The molecule has 1 saturated carbocycles. The van der Waals surface area contributed by atoms with E-state index >= 15 is 0 Å². The van der Waals surface area contributed by atoms with Crippen LogP contribution in [0.15, 0.2) is 52.2 Å². The third-order valence-electron chi connectivity index (χ3n) is 7.96. The van der Waals surface area contributed by atoms with Gasteiger partial charge in [-0.2, -0.15) is 4.31 Å². The van der Waals surface area contributed by atoms with Crippen LogP contribution in [-0.2, 0) is 19.6 Å². The Kier molecular flexibility index (Phi) is 7.74. The smallest absolute Gasteiger partial charge is 0.288 e. The molecule has 2 amide bonds. The lowest BCUT2D eigenvalue weighted by molar-refractivity contribution is -0.132. The first-order chi connectivity index (χ1) is 19.1. The van der Waals surface area contributed by atoms with E-state index in [1.54, 1.807) is 44.3 Å². The average molecular weight is 568 g/mol. The maximum Gasteiger partial charge on any atom is 0.288 e. The molecule has 0 bridgehead atoms. The molecule has 0 radical (unpaired) electrons. The standard InChI is InChI=1S/C28H33N5O6S/c1-18-11-12-20(21(34)17-33(18)40(37,38)23-10-4-7-15-29-23)31-27(36)28(13-5-3-6-14-28)32-26(35)25-19(2)24-22(39-25)9-8-16-30-24/h4,7-10,15-16,18,20H,3,5-6,11-14,17H2,1-2H3,(H,31,36)(H,32,35)/t18-,20+/m1/s1. The van der Waals surface area contributed by atoms with Gasteiger partial charge in [0.1, 0.15) is 11.1 Å². The van der Waals surface area contributed by atoms with Gasteiger partial charge in [-0.1, -0.05) is 25.3 Å². The molecule has 1 aliphatic carbocycles. The minimum absolute atomic E-state index is 0.0983. The lowest BCUT2D eigenvalue weighted by Gasteiger charge is -2.37. The summed E-state index contributed by atoms with van der Waals surface area (Å²) in [5, 5.41) is 5.67. The third-order valence-corrected chi connectivity index (χ3v) is 9.84. The molecule has 12 heteroatoms. The Balaban J connectivity index is 1.34. The predicted octanol–water partition coefficient (Wildman–Crippen LogP) is 2.89. The molecular weight excluding hydrogens is 534 g/mol. The summed E-state index contributed by atoms with van der Waals surface area (Å²) in [4.78, 5) is 48.7. The Bertz CT molecular complexity index is 1530. The topological polar surface area (TPSA) is 152 Å². The average Bonchev–Trinajstić information content (AvgIpc) is 3.23. The monoisotopic (exact) mass is 567 g/mol. The first kappa shape index (κ1) is 27.9. The van der Waals surface area contributed by atoms with Crippen LogP contribution in [0.5, 0.6) is 0 Å². The van der Waals surface area contributed by atoms with Crippen LogP contribution in [0.25, 0.3) is 11.1 Å². The molecule has 0 unspecified atom stereocenters. The SMILES string of the molecule is Cc1c(C(=O)NC2(C(=O)N[C@H]3CC[C@@H](C)N(S(=O)(=O)c4ccccn4)CC3=O)CCCCC2)oc2cccnc12. The second-order valence-corrected chi connectivity index (χ2v) is 12.5. The van der Waals surface area contributed by atoms with E-state index in [-0.39, 0.29) is 23.8 Å². The number of carbonyl (C=O) groups excluding carboxylic acids is 3. The van der Waals surface area contributed by atoms with Crippen LogP contribution in [0.4, 0.5) is 0 Å². The van der Waals surface area contributed by atoms with E-state index in [1.165, 1.54) is 12.3 Å². The molecule has 1 saturated heterocycles. The van der Waals surface area contributed by atoms with Crippen molar-refractivity contribution in [3.63, 3.8) is 0 Å². The molecule has 3 aromatic heterocycles. The highest BCUT2D eigenvalue weighted by Gasteiger charge is 2.44. The summed E-state index contributed by atoms with van der Waals surface area (Å²) in [6.07, 6.45) is 6.89. The number of sulfonamides is 1. The van der Waals surface area contributed by atoms with Gasteiger partial charge < -0.3 is 15.1 Å². The molecule has 1 aliphatic heterocycles. The van der Waals surface area contributed by atoms with Crippen molar-refractivity contribution in [1.82, 2.24) is 24.9 Å². The van der Waals surface area contributed by atoms with Gasteiger partial charge in [0.15, 0.2) is 22.2 Å². The molecule has 2 aliphatic rings. The van der Waals surface area contributed by atoms with Crippen LogP contribution in [0.2, 0.25) is 0 Å². The zero-order valence-corrected chi connectivity index (χ0v) is 23.4. The fourth-order valence-electron chi connectivity index (χ4n) is 5.63. The summed E-state index contributed by atoms with van der Waals surface area (Å²) in [5.74, 6) is -1.27. The fourth-order valence-corrected chi connectivity index (χ4v) is 7.19. The number of hydrogen-bond donors (Lipinski definition) is 2. The van der Waals surface area contributed by atoms with Crippen molar-refractivity contribution in [2.75, 3.05) is 6.54 Å². The maximum absolute atomic E-state index is 13.8. The van der Waals surface area contributed by atoms with Gasteiger partial charge in [-0.05, 0) is 63.8 Å². The van der Waals surface area contributed by atoms with Gasteiger partial charge in [-0.3, -0.25) is 19.4 Å². The second kappa shape index (κ2) is 11.1. The van der Waals surface area contributed by atoms with Crippen LogP contribution in [0.1, 0.15) is 68.0 Å². The van der Waals surface area contributed by atoms with Gasteiger partial charge in [0, 0.05) is 24.0 Å². The summed E-state index contributed by atoms with van der Waals surface area (Å²) < 4.78 is 33.4. The number of rotatable bonds is 6. The van der Waals surface area contributed by atoms with Gasteiger partial charge in [0.2, 0.25) is 5.91 Å². The van der Waals surface area contributed by atoms with E-state index in [0.717, 1.165) is 23.6 Å². The molecule has 0 spiro atoms. The molecule has 4 heterocycles. The minimum atomic E-state index is -4.00. The van der Waals surface area contributed by atoms with Gasteiger partial charge in [-0.25, -0.2) is 13.4 Å². The van der Waals surface area contributed by atoms with Crippen molar-refractivity contribution >= 4 is 38.7 Å². The van der Waals surface area contributed by atoms with Crippen LogP contribution < -0.4 is 10.6 Å². The summed E-state index contributed by atoms with van der Waals surface area (Å²) in [6.45, 7) is 3.11. The molecule has 3 aromatic rings. The van der Waals surface area contributed by atoms with Crippen LogP contribution in [-0.4, -0.2) is 64.5 Å². The van der Waals surface area contributed by atoms with E-state index in [4.69, 9.17) is 4.42 Å². The molecule has 2 atom stereocenters. The lowest BCUT2D eigenvalue weighted by Crippen LogP contribution is -2.62. The molecule has 2 N–H and O–H groups in total. The number of pyridine rings is 2. The second-order valence-electron chi connectivity index (χ2n) is 10.6. The molecule has 5 rings (SSSR count). The van der Waals surface area contributed by atoms with Crippen molar-refractivity contribution in [3.05, 3.63) is 54.0 Å². The van der Waals surface area contributed by atoms with E-state index in [2.05, 4.69) is 20.6 Å². The lowest BCUT2D eigenvalue weighted by atomic mass is 9.80. The van der Waals surface area contributed by atoms with Gasteiger partial charge in [-0.15, -0.1) is 0 Å². The highest BCUT2D eigenvalue weighted by Crippen LogP contribution is 2.31. The minimum Gasteiger partial charge on any atom is -0.449 e. The van der Waals surface area contributed by atoms with E-state index < -0.39 is 45.2 Å². The number of amides is 2. The van der Waals surface area contributed by atoms with Crippen LogP contribution in [0.3, 0.4) is 0 Å². The number of ketones is 1. The summed E-state index contributed by atoms with van der Waals surface area (Å²) >= 11 is 0. The quantitative estimate of drug-likeness (QED) is 0.461. The van der Waals surface area contributed by atoms with Gasteiger partial charge >= 0.3 is 0 Å². The summed E-state index contributed by atoms with van der Waals surface area (Å²) in [6, 6.07) is 6.69. The highest BCUT2D eigenvalue weighted by molar-refractivity contribution is 7.89. The first-order valence-electron chi connectivity index (χ1n) is 13.6. The van der Waals surface area contributed by atoms with E-state index in [9.17, 15) is 22.8 Å². The molecule has 212 valence electrons. The number of nitrogens with one attached hydrogen (secondary N) is 2. The summed E-state index contributed by atoms with van der Waals surface area (Å²) in [5.41, 5.74) is 0.432. The zero-order valence-electron chi connectivity index (χ0n) is 22.6. The zero-order chi connectivity index (χ0) is 28.5. The normalized spacial score (nSPS) is 22.0. The number of aromatic nitrogens is 2. The Morgan fingerprint density at radius 3 is 2.50 bits per heavy atom.